The molecule has 0 saturated heterocycles. The van der Waals surface area contributed by atoms with Gasteiger partial charge >= 0.3 is 5.97 Å². The van der Waals surface area contributed by atoms with Gasteiger partial charge in [-0.3, -0.25) is 0 Å². The summed E-state index contributed by atoms with van der Waals surface area (Å²) in [4.78, 5) is 18.5. The third kappa shape index (κ3) is 7.57. The van der Waals surface area contributed by atoms with Crippen LogP contribution in [0.5, 0.6) is 11.5 Å². The van der Waals surface area contributed by atoms with Crippen LogP contribution in [0.1, 0.15) is 56.8 Å². The maximum Gasteiger partial charge on any atom is 0.338 e. The first-order valence-electron chi connectivity index (χ1n) is 14.7. The number of thioether (sulfide) groups is 1. The van der Waals surface area contributed by atoms with Crippen LogP contribution in [-0.2, 0) is 21.9 Å². The van der Waals surface area contributed by atoms with Crippen LogP contribution >= 0.6 is 23.4 Å². The van der Waals surface area contributed by atoms with Gasteiger partial charge in [0.1, 0.15) is 12.6 Å². The fourth-order valence-electron chi connectivity index (χ4n) is 4.81. The van der Waals surface area contributed by atoms with E-state index in [-0.39, 0.29) is 6.61 Å². The van der Waals surface area contributed by atoms with Crippen molar-refractivity contribution in [3.8, 4) is 11.5 Å². The number of carbonyl (C=O) groups is 1. The number of fused-ring (bicyclic) bond motifs is 1. The third-order valence-electron chi connectivity index (χ3n) is 7.12. The van der Waals surface area contributed by atoms with Crippen molar-refractivity contribution in [1.29, 1.82) is 0 Å². The summed E-state index contributed by atoms with van der Waals surface area (Å²) in [7, 11) is 0. The first kappa shape index (κ1) is 31.5. The average molecular weight is 633 g/mol. The largest absolute Gasteiger partial charge is 0.490 e. The summed E-state index contributed by atoms with van der Waals surface area (Å²) in [5, 5.41) is 9.39. The number of halogens is 1. The predicted octanol–water partition coefficient (Wildman–Crippen LogP) is 8.08. The molecule has 0 radical (unpaired) electrons. The molecule has 230 valence electrons. The molecule has 1 unspecified atom stereocenters. The third-order valence-corrected chi connectivity index (χ3v) is 8.37. The zero-order valence-electron chi connectivity index (χ0n) is 25.4. The summed E-state index contributed by atoms with van der Waals surface area (Å²) in [6.07, 6.45) is 0.928. The van der Waals surface area contributed by atoms with Crippen molar-refractivity contribution in [2.45, 2.75) is 57.7 Å². The van der Waals surface area contributed by atoms with E-state index in [9.17, 15) is 4.79 Å². The molecule has 0 fully saturated rings. The molecule has 5 rings (SSSR count). The molecule has 0 amide bonds. The lowest BCUT2D eigenvalue weighted by Gasteiger charge is -2.28. The van der Waals surface area contributed by atoms with E-state index < -0.39 is 12.0 Å². The highest BCUT2D eigenvalue weighted by molar-refractivity contribution is 7.98. The Morgan fingerprint density at radius 3 is 2.57 bits per heavy atom. The molecule has 10 heteroatoms. The molecule has 8 nitrogen and oxygen atoms in total. The average Bonchev–Trinajstić information content (AvgIpc) is 3.42. The van der Waals surface area contributed by atoms with Gasteiger partial charge in [-0.25, -0.2) is 9.48 Å². The molecule has 4 aromatic rings. The normalized spacial score (nSPS) is 14.3. The molecule has 1 N–H and O–H groups in total. The molecule has 2 heterocycles. The number of esters is 1. The Kier molecular flexibility index (Phi) is 10.5. The van der Waals surface area contributed by atoms with Crippen LogP contribution in [0.25, 0.3) is 0 Å². The minimum Gasteiger partial charge on any atom is -0.490 e. The molecule has 1 aliphatic heterocycles. The van der Waals surface area contributed by atoms with Gasteiger partial charge in [0.25, 0.3) is 0 Å². The smallest absolute Gasteiger partial charge is 0.338 e. The number of anilines is 1. The number of rotatable bonds is 13. The van der Waals surface area contributed by atoms with E-state index in [1.807, 2.05) is 86.6 Å². The Labute approximate surface area is 267 Å². The summed E-state index contributed by atoms with van der Waals surface area (Å²) in [6.45, 7) is 9.32. The quantitative estimate of drug-likeness (QED) is 0.117. The Bertz CT molecular complexity index is 1620. The van der Waals surface area contributed by atoms with Crippen molar-refractivity contribution < 1.29 is 19.0 Å². The number of ether oxygens (including phenoxy) is 3. The molecule has 0 aliphatic carbocycles. The van der Waals surface area contributed by atoms with Gasteiger partial charge < -0.3 is 19.5 Å². The van der Waals surface area contributed by atoms with Gasteiger partial charge in [0.2, 0.25) is 11.1 Å². The van der Waals surface area contributed by atoms with Crippen molar-refractivity contribution >= 4 is 35.3 Å². The molecule has 1 aromatic heterocycles. The van der Waals surface area contributed by atoms with Crippen molar-refractivity contribution in [3.05, 3.63) is 106 Å². The first-order valence-corrected chi connectivity index (χ1v) is 16.1. The Balaban J connectivity index is 1.49. The standard InChI is InChI=1S/C34H37ClN4O4S/c1-5-41-29-19-25(15-16-28(29)42-18-17-22(2)3)31-30(32(40)43-20-24-11-7-6-8-12-24)23(4)36-33-37-34(38-39(31)33)44-21-26-13-9-10-14-27(26)35/h6-16,19,22,31H,5,17-18,20-21H2,1-4H3,(H,36,37,38). The molecule has 1 aliphatic rings. The summed E-state index contributed by atoms with van der Waals surface area (Å²) in [5.41, 5.74) is 3.78. The predicted molar refractivity (Wildman–Crippen MR) is 174 cm³/mol. The van der Waals surface area contributed by atoms with Crippen molar-refractivity contribution in [1.82, 2.24) is 14.8 Å². The van der Waals surface area contributed by atoms with E-state index in [2.05, 4.69) is 19.2 Å². The number of carbonyl (C=O) groups excluding carboxylic acids is 1. The number of nitrogens with zero attached hydrogens (tertiary/aromatic N) is 3. The number of hydrogen-bond donors (Lipinski definition) is 1. The summed E-state index contributed by atoms with van der Waals surface area (Å²) in [6, 6.07) is 22.5. The molecule has 0 bridgehead atoms. The van der Waals surface area contributed by atoms with Crippen LogP contribution in [0.15, 0.2) is 89.2 Å². The second kappa shape index (κ2) is 14.7. The van der Waals surface area contributed by atoms with Gasteiger partial charge in [0, 0.05) is 16.5 Å². The van der Waals surface area contributed by atoms with Crippen LogP contribution in [0.3, 0.4) is 0 Å². The monoisotopic (exact) mass is 632 g/mol. The van der Waals surface area contributed by atoms with Gasteiger partial charge in [-0.2, -0.15) is 4.98 Å². The molecule has 44 heavy (non-hydrogen) atoms. The lowest BCUT2D eigenvalue weighted by molar-refractivity contribution is -0.140. The highest BCUT2D eigenvalue weighted by Crippen LogP contribution is 2.40. The molecule has 3 aromatic carbocycles. The van der Waals surface area contributed by atoms with Gasteiger partial charge in [-0.15, -0.1) is 5.10 Å². The zero-order valence-corrected chi connectivity index (χ0v) is 27.0. The lowest BCUT2D eigenvalue weighted by atomic mass is 9.95. The Hall–Kier alpha value is -3.95. The highest BCUT2D eigenvalue weighted by Gasteiger charge is 2.36. The van der Waals surface area contributed by atoms with E-state index in [0.29, 0.717) is 63.8 Å². The van der Waals surface area contributed by atoms with E-state index in [4.69, 9.17) is 35.9 Å². The van der Waals surface area contributed by atoms with Crippen LogP contribution < -0.4 is 14.8 Å². The number of aromatic nitrogens is 3. The van der Waals surface area contributed by atoms with Crippen LogP contribution in [-0.4, -0.2) is 33.9 Å². The van der Waals surface area contributed by atoms with E-state index in [1.165, 1.54) is 11.8 Å². The lowest BCUT2D eigenvalue weighted by Crippen LogP contribution is -2.29. The van der Waals surface area contributed by atoms with Crippen LogP contribution in [0, 0.1) is 5.92 Å². The van der Waals surface area contributed by atoms with Gasteiger partial charge in [-0.05, 0) is 61.1 Å². The van der Waals surface area contributed by atoms with Crippen molar-refractivity contribution in [2.24, 2.45) is 5.92 Å². The number of hydrogen-bond acceptors (Lipinski definition) is 8. The fourth-order valence-corrected chi connectivity index (χ4v) is 5.93. The van der Waals surface area contributed by atoms with Crippen LogP contribution in [0.2, 0.25) is 5.02 Å². The highest BCUT2D eigenvalue weighted by atomic mass is 35.5. The minimum absolute atomic E-state index is 0.152. The van der Waals surface area contributed by atoms with Crippen molar-refractivity contribution in [3.63, 3.8) is 0 Å². The van der Waals surface area contributed by atoms with Gasteiger partial charge in [-0.1, -0.05) is 91.8 Å². The second-order valence-electron chi connectivity index (χ2n) is 10.8. The molecular weight excluding hydrogens is 596 g/mol. The molecule has 0 saturated carbocycles. The molecule has 0 spiro atoms. The number of nitrogens with one attached hydrogen (secondary N) is 1. The van der Waals surface area contributed by atoms with Crippen molar-refractivity contribution in [2.75, 3.05) is 18.5 Å². The van der Waals surface area contributed by atoms with Crippen LogP contribution in [0.4, 0.5) is 5.95 Å². The zero-order chi connectivity index (χ0) is 31.1. The van der Waals surface area contributed by atoms with E-state index in [0.717, 1.165) is 23.1 Å². The summed E-state index contributed by atoms with van der Waals surface area (Å²) >= 11 is 7.87. The van der Waals surface area contributed by atoms with E-state index in [1.54, 1.807) is 4.68 Å². The summed E-state index contributed by atoms with van der Waals surface area (Å²) in [5.74, 6) is 2.48. The SMILES string of the molecule is CCOc1cc(C2C(C(=O)OCc3ccccc3)=C(C)Nc3nc(SCc4ccccc4Cl)nn32)ccc1OCCC(C)C. The Morgan fingerprint density at radius 2 is 1.82 bits per heavy atom. The maximum absolute atomic E-state index is 13.8. The number of allylic oxidation sites excluding steroid dienone is 1. The fraction of sp³-hybridized carbons (Fsp3) is 0.324. The Morgan fingerprint density at radius 1 is 1.05 bits per heavy atom. The van der Waals surface area contributed by atoms with E-state index >= 15 is 0 Å². The topological polar surface area (TPSA) is 87.5 Å². The maximum atomic E-state index is 13.8. The summed E-state index contributed by atoms with van der Waals surface area (Å²) < 4.78 is 19.7. The molecule has 1 atom stereocenters. The minimum atomic E-state index is -0.611. The molecular formula is C34H37ClN4O4S. The van der Waals surface area contributed by atoms with Gasteiger partial charge in [0.05, 0.1) is 18.8 Å². The number of benzene rings is 3. The van der Waals surface area contributed by atoms with Gasteiger partial charge in [0.15, 0.2) is 11.5 Å². The second-order valence-corrected chi connectivity index (χ2v) is 12.2. The first-order chi connectivity index (χ1) is 21.3.